The van der Waals surface area contributed by atoms with E-state index in [1.54, 1.807) is 18.4 Å². The Labute approximate surface area is 175 Å². The lowest BCUT2D eigenvalue weighted by Crippen LogP contribution is -2.54. The number of carbonyl (C=O) groups is 2. The van der Waals surface area contributed by atoms with Crippen molar-refractivity contribution < 1.29 is 14.0 Å². The maximum Gasteiger partial charge on any atom is 0.260 e. The summed E-state index contributed by atoms with van der Waals surface area (Å²) in [4.78, 5) is 31.5. The Morgan fingerprint density at radius 2 is 2.21 bits per heavy atom. The number of carbonyl (C=O) groups excluding carboxylic acids is 2. The number of thiazole rings is 1. The van der Waals surface area contributed by atoms with Gasteiger partial charge in [-0.05, 0) is 52.1 Å². The third-order valence-corrected chi connectivity index (χ3v) is 6.26. The molecule has 3 heterocycles. The maximum atomic E-state index is 12.4. The fourth-order valence-corrected chi connectivity index (χ4v) is 4.33. The molecule has 0 radical (unpaired) electrons. The molecule has 1 unspecified atom stereocenters. The second-order valence-corrected chi connectivity index (χ2v) is 9.31. The van der Waals surface area contributed by atoms with E-state index in [-0.39, 0.29) is 23.8 Å². The number of furan rings is 1. The molecule has 3 rings (SSSR count). The van der Waals surface area contributed by atoms with Crippen molar-refractivity contribution in [3.05, 3.63) is 34.7 Å². The number of rotatable bonds is 7. The molecule has 1 aliphatic heterocycles. The van der Waals surface area contributed by atoms with Gasteiger partial charge >= 0.3 is 0 Å². The van der Waals surface area contributed by atoms with E-state index < -0.39 is 0 Å². The first-order valence-electron chi connectivity index (χ1n) is 10.1. The first-order chi connectivity index (χ1) is 13.7. The number of amides is 2. The van der Waals surface area contributed by atoms with E-state index in [0.717, 1.165) is 13.1 Å². The van der Waals surface area contributed by atoms with Gasteiger partial charge in [0.05, 0.1) is 23.9 Å². The molecule has 1 aliphatic rings. The van der Waals surface area contributed by atoms with Gasteiger partial charge in [-0.25, -0.2) is 4.98 Å². The van der Waals surface area contributed by atoms with Crippen molar-refractivity contribution in [3.63, 3.8) is 0 Å². The molecule has 29 heavy (non-hydrogen) atoms. The van der Waals surface area contributed by atoms with Crippen LogP contribution in [0.2, 0.25) is 0 Å². The molecule has 2 aromatic heterocycles. The van der Waals surface area contributed by atoms with Crippen LogP contribution >= 0.6 is 11.3 Å². The summed E-state index contributed by atoms with van der Waals surface area (Å²) in [5.41, 5.74) is 1.05. The molecule has 2 amide bonds. The molecule has 1 fully saturated rings. The molecule has 0 bridgehead atoms. The highest BCUT2D eigenvalue weighted by Gasteiger charge is 2.30. The summed E-state index contributed by atoms with van der Waals surface area (Å²) in [6, 6.07) is 1.62. The minimum atomic E-state index is -0.265. The fraction of sp³-hybridized carbons (Fsp3) is 0.571. The average molecular weight is 419 g/mol. The summed E-state index contributed by atoms with van der Waals surface area (Å²) < 4.78 is 5.15. The van der Waals surface area contributed by atoms with Gasteiger partial charge < -0.3 is 9.73 Å². The van der Waals surface area contributed by atoms with Gasteiger partial charge in [0.15, 0.2) is 5.13 Å². The summed E-state index contributed by atoms with van der Waals surface area (Å²) in [6.07, 6.45) is 4.17. The van der Waals surface area contributed by atoms with Gasteiger partial charge in [0.2, 0.25) is 5.91 Å². The Morgan fingerprint density at radius 3 is 2.90 bits per heavy atom. The van der Waals surface area contributed by atoms with Crippen molar-refractivity contribution in [2.45, 2.75) is 52.5 Å². The predicted octanol–water partition coefficient (Wildman–Crippen LogP) is 3.47. The van der Waals surface area contributed by atoms with E-state index in [9.17, 15) is 9.59 Å². The van der Waals surface area contributed by atoms with Crippen LogP contribution in [0.15, 0.2) is 22.1 Å². The number of anilines is 1. The van der Waals surface area contributed by atoms with Gasteiger partial charge in [-0.1, -0.05) is 6.92 Å². The number of aryl methyl sites for hydroxylation is 1. The number of nitrogens with zero attached hydrogens (tertiary/aromatic N) is 2. The highest BCUT2D eigenvalue weighted by molar-refractivity contribution is 7.14. The van der Waals surface area contributed by atoms with Gasteiger partial charge in [0, 0.05) is 24.0 Å². The third kappa shape index (κ3) is 5.67. The van der Waals surface area contributed by atoms with E-state index in [2.05, 4.69) is 41.3 Å². The van der Waals surface area contributed by atoms with Crippen molar-refractivity contribution in [2.24, 2.45) is 5.92 Å². The van der Waals surface area contributed by atoms with Crippen LogP contribution in [-0.4, -0.2) is 46.9 Å². The highest BCUT2D eigenvalue weighted by Crippen LogP contribution is 2.23. The number of likely N-dealkylation sites (tertiary alicyclic amines) is 1. The van der Waals surface area contributed by atoms with E-state index in [0.29, 0.717) is 34.6 Å². The van der Waals surface area contributed by atoms with Crippen molar-refractivity contribution in [1.82, 2.24) is 15.2 Å². The topological polar surface area (TPSA) is 87.5 Å². The number of hydrogen-bond acceptors (Lipinski definition) is 6. The lowest BCUT2D eigenvalue weighted by molar-refractivity contribution is -0.121. The first kappa shape index (κ1) is 21.5. The first-order valence-corrected chi connectivity index (χ1v) is 10.9. The second kappa shape index (κ2) is 9.09. The van der Waals surface area contributed by atoms with E-state index in [4.69, 9.17) is 4.42 Å². The molecule has 2 N–H and O–H groups in total. The lowest BCUT2D eigenvalue weighted by atomic mass is 9.93. The highest BCUT2D eigenvalue weighted by atomic mass is 32.1. The molecular formula is C21H30N4O3S. The summed E-state index contributed by atoms with van der Waals surface area (Å²) in [7, 11) is 0. The minimum absolute atomic E-state index is 0.0583. The monoisotopic (exact) mass is 418 g/mol. The zero-order valence-electron chi connectivity index (χ0n) is 17.6. The van der Waals surface area contributed by atoms with Crippen molar-refractivity contribution in [2.75, 3.05) is 25.0 Å². The van der Waals surface area contributed by atoms with Crippen molar-refractivity contribution in [3.8, 4) is 0 Å². The zero-order valence-corrected chi connectivity index (χ0v) is 18.4. The van der Waals surface area contributed by atoms with Gasteiger partial charge in [0.25, 0.3) is 5.91 Å². The van der Waals surface area contributed by atoms with Crippen LogP contribution < -0.4 is 10.6 Å². The van der Waals surface area contributed by atoms with Crippen LogP contribution in [0.25, 0.3) is 0 Å². The standard InChI is InChI=1S/C21H30N4O3S/c1-14-6-5-8-25(11-14)21(3,4)13-22-18(26)10-16-12-29-20(23-16)24-19(27)17-7-9-28-15(17)2/h7,9,12,14H,5-6,8,10-11,13H2,1-4H3,(H,22,26)(H,23,24,27). The number of piperidine rings is 1. The maximum absolute atomic E-state index is 12.4. The smallest absolute Gasteiger partial charge is 0.260 e. The van der Waals surface area contributed by atoms with Crippen LogP contribution in [0.1, 0.15) is 55.4 Å². The molecule has 0 aromatic carbocycles. The molecular weight excluding hydrogens is 388 g/mol. The Balaban J connectivity index is 1.48. The normalized spacial score (nSPS) is 17.9. The van der Waals surface area contributed by atoms with Gasteiger partial charge in [-0.15, -0.1) is 11.3 Å². The summed E-state index contributed by atoms with van der Waals surface area (Å²) in [6.45, 7) is 11.1. The van der Waals surface area contributed by atoms with Crippen molar-refractivity contribution in [1.29, 1.82) is 0 Å². The quantitative estimate of drug-likeness (QED) is 0.719. The number of nitrogens with one attached hydrogen (secondary N) is 2. The SMILES string of the molecule is Cc1occc1C(=O)Nc1nc(CC(=O)NCC(C)(C)N2CCCC(C)C2)cs1. The third-order valence-electron chi connectivity index (χ3n) is 5.45. The zero-order chi connectivity index (χ0) is 21.0. The van der Waals surface area contributed by atoms with Crippen molar-refractivity contribution >= 4 is 28.3 Å². The average Bonchev–Trinajstić information content (AvgIpc) is 3.29. The molecule has 1 saturated heterocycles. The van der Waals surface area contributed by atoms with E-state index in [1.165, 1.54) is 30.4 Å². The Bertz CT molecular complexity index is 858. The molecule has 0 aliphatic carbocycles. The van der Waals surface area contributed by atoms with Crippen LogP contribution in [0.5, 0.6) is 0 Å². The molecule has 0 saturated carbocycles. The minimum Gasteiger partial charge on any atom is -0.469 e. The molecule has 2 aromatic rings. The van der Waals surface area contributed by atoms with Crippen LogP contribution in [-0.2, 0) is 11.2 Å². The Hall–Kier alpha value is -2.19. The predicted molar refractivity (Wildman–Crippen MR) is 114 cm³/mol. The van der Waals surface area contributed by atoms with Gasteiger partial charge in [-0.2, -0.15) is 0 Å². The molecule has 1 atom stereocenters. The molecule has 7 nitrogen and oxygen atoms in total. The summed E-state index contributed by atoms with van der Waals surface area (Å²) in [5, 5.41) is 8.07. The summed E-state index contributed by atoms with van der Waals surface area (Å²) >= 11 is 1.31. The number of aromatic nitrogens is 1. The molecule has 8 heteroatoms. The van der Waals surface area contributed by atoms with Crippen LogP contribution in [0.4, 0.5) is 5.13 Å². The lowest BCUT2D eigenvalue weighted by Gasteiger charge is -2.43. The number of hydrogen-bond donors (Lipinski definition) is 2. The largest absolute Gasteiger partial charge is 0.469 e. The van der Waals surface area contributed by atoms with Gasteiger partial charge in [0.1, 0.15) is 5.76 Å². The van der Waals surface area contributed by atoms with Gasteiger partial charge in [-0.3, -0.25) is 19.8 Å². The van der Waals surface area contributed by atoms with E-state index >= 15 is 0 Å². The fourth-order valence-electron chi connectivity index (χ4n) is 3.62. The molecule has 158 valence electrons. The van der Waals surface area contributed by atoms with Crippen LogP contribution in [0, 0.1) is 12.8 Å². The van der Waals surface area contributed by atoms with Crippen LogP contribution in [0.3, 0.4) is 0 Å². The Morgan fingerprint density at radius 1 is 1.41 bits per heavy atom. The molecule has 0 spiro atoms. The second-order valence-electron chi connectivity index (χ2n) is 8.45. The summed E-state index contributed by atoms with van der Waals surface area (Å²) in [5.74, 6) is 0.939. The Kier molecular flexibility index (Phi) is 6.74. The van der Waals surface area contributed by atoms with E-state index in [1.807, 2.05) is 0 Å².